The molecule has 3 aromatic rings. The van der Waals surface area contributed by atoms with Gasteiger partial charge >= 0.3 is 0 Å². The van der Waals surface area contributed by atoms with Crippen molar-refractivity contribution >= 4 is 17.5 Å². The second-order valence-electron chi connectivity index (χ2n) is 6.79. The summed E-state index contributed by atoms with van der Waals surface area (Å²) in [5.41, 5.74) is 3.14. The van der Waals surface area contributed by atoms with E-state index in [9.17, 15) is 4.79 Å². The second-order valence-corrected chi connectivity index (χ2v) is 6.79. The van der Waals surface area contributed by atoms with E-state index < -0.39 is 0 Å². The zero-order valence-corrected chi connectivity index (χ0v) is 15.8. The van der Waals surface area contributed by atoms with Crippen LogP contribution in [0.3, 0.4) is 0 Å². The Kier molecular flexibility index (Phi) is 4.75. The molecule has 7 heteroatoms. The predicted molar refractivity (Wildman–Crippen MR) is 104 cm³/mol. The van der Waals surface area contributed by atoms with E-state index in [0.717, 1.165) is 43.0 Å². The van der Waals surface area contributed by atoms with Gasteiger partial charge in [-0.15, -0.1) is 10.2 Å². The first kappa shape index (κ1) is 17.5. The minimum Gasteiger partial charge on any atom is -0.353 e. The van der Waals surface area contributed by atoms with Crippen molar-refractivity contribution < 1.29 is 4.79 Å². The molecule has 0 atom stereocenters. The average molecular weight is 364 g/mol. The van der Waals surface area contributed by atoms with Crippen LogP contribution in [0.1, 0.15) is 35.5 Å². The van der Waals surface area contributed by atoms with E-state index in [2.05, 4.69) is 40.0 Å². The molecule has 0 spiro atoms. The molecule has 0 radical (unpaired) electrons. The second kappa shape index (κ2) is 7.34. The number of piperazine rings is 1. The number of aromatic nitrogens is 4. The Balaban J connectivity index is 1.46. The van der Waals surface area contributed by atoms with Gasteiger partial charge in [-0.25, -0.2) is 0 Å². The van der Waals surface area contributed by atoms with Crippen LogP contribution >= 0.6 is 0 Å². The Bertz CT molecular complexity index is 941. The lowest BCUT2D eigenvalue weighted by atomic mass is 10.1. The predicted octanol–water partition coefficient (Wildman–Crippen LogP) is 2.21. The van der Waals surface area contributed by atoms with Crippen LogP contribution in [0.25, 0.3) is 5.78 Å². The molecule has 0 saturated carbocycles. The summed E-state index contributed by atoms with van der Waals surface area (Å²) in [7, 11) is 0. The lowest BCUT2D eigenvalue weighted by Crippen LogP contribution is -2.49. The SMILES string of the molecule is CCc1ccc(C(=O)N2CCN(c3cc(CC)n4cnnc4n3)CC2)cc1. The smallest absolute Gasteiger partial charge is 0.256 e. The fraction of sp³-hybridized carbons (Fsp3) is 0.400. The zero-order valence-electron chi connectivity index (χ0n) is 15.8. The van der Waals surface area contributed by atoms with Gasteiger partial charge in [0.1, 0.15) is 12.1 Å². The number of benzene rings is 1. The largest absolute Gasteiger partial charge is 0.353 e. The first-order valence-electron chi connectivity index (χ1n) is 9.52. The molecule has 0 aliphatic carbocycles. The maximum absolute atomic E-state index is 12.8. The van der Waals surface area contributed by atoms with Crippen LogP contribution in [0.15, 0.2) is 36.7 Å². The van der Waals surface area contributed by atoms with Crippen LogP contribution < -0.4 is 4.90 Å². The van der Waals surface area contributed by atoms with Gasteiger partial charge in [-0.05, 0) is 30.5 Å². The Hall–Kier alpha value is -2.96. The van der Waals surface area contributed by atoms with Crippen LogP contribution in [0, 0.1) is 0 Å². The molecule has 1 saturated heterocycles. The van der Waals surface area contributed by atoms with E-state index >= 15 is 0 Å². The Morgan fingerprint density at radius 2 is 1.78 bits per heavy atom. The number of rotatable bonds is 4. The van der Waals surface area contributed by atoms with Crippen LogP contribution in [-0.2, 0) is 12.8 Å². The molecule has 4 rings (SSSR count). The number of hydrogen-bond donors (Lipinski definition) is 0. The highest BCUT2D eigenvalue weighted by atomic mass is 16.2. The summed E-state index contributed by atoms with van der Waals surface area (Å²) < 4.78 is 1.92. The van der Waals surface area contributed by atoms with E-state index in [1.165, 1.54) is 5.56 Å². The fourth-order valence-corrected chi connectivity index (χ4v) is 3.50. The third-order valence-electron chi connectivity index (χ3n) is 5.21. The maximum Gasteiger partial charge on any atom is 0.256 e. The summed E-state index contributed by atoms with van der Waals surface area (Å²) >= 11 is 0. The summed E-state index contributed by atoms with van der Waals surface area (Å²) in [5, 5.41) is 8.05. The number of anilines is 1. The molecule has 0 unspecified atom stereocenters. The van der Waals surface area contributed by atoms with E-state index in [1.54, 1.807) is 6.33 Å². The molecule has 1 aromatic carbocycles. The van der Waals surface area contributed by atoms with Gasteiger partial charge in [0, 0.05) is 43.5 Å². The Morgan fingerprint density at radius 1 is 1.04 bits per heavy atom. The zero-order chi connectivity index (χ0) is 18.8. The summed E-state index contributed by atoms with van der Waals surface area (Å²) in [5.74, 6) is 1.64. The van der Waals surface area contributed by atoms with Gasteiger partial charge in [0.05, 0.1) is 0 Å². The fourth-order valence-electron chi connectivity index (χ4n) is 3.50. The van der Waals surface area contributed by atoms with Crippen molar-refractivity contribution in [2.45, 2.75) is 26.7 Å². The van der Waals surface area contributed by atoms with Crippen molar-refractivity contribution in [2.75, 3.05) is 31.1 Å². The van der Waals surface area contributed by atoms with Gasteiger partial charge < -0.3 is 9.80 Å². The summed E-state index contributed by atoms with van der Waals surface area (Å²) in [6, 6.07) is 10.0. The molecule has 0 N–H and O–H groups in total. The number of carbonyl (C=O) groups excluding carboxylic acids is 1. The molecule has 1 aliphatic rings. The number of nitrogens with zero attached hydrogens (tertiary/aromatic N) is 6. The van der Waals surface area contributed by atoms with E-state index in [-0.39, 0.29) is 5.91 Å². The van der Waals surface area contributed by atoms with Gasteiger partial charge in [-0.3, -0.25) is 9.20 Å². The third kappa shape index (κ3) is 3.37. The number of amides is 1. The van der Waals surface area contributed by atoms with Crippen molar-refractivity contribution in [1.29, 1.82) is 0 Å². The molecular formula is C20H24N6O. The average Bonchev–Trinajstić information content (AvgIpc) is 3.21. The van der Waals surface area contributed by atoms with Crippen LogP contribution in [-0.4, -0.2) is 56.6 Å². The molecule has 1 aliphatic heterocycles. The maximum atomic E-state index is 12.8. The highest BCUT2D eigenvalue weighted by molar-refractivity contribution is 5.94. The molecule has 7 nitrogen and oxygen atoms in total. The number of hydrogen-bond acceptors (Lipinski definition) is 5. The van der Waals surface area contributed by atoms with Gasteiger partial charge in [-0.1, -0.05) is 26.0 Å². The molecular weight excluding hydrogens is 340 g/mol. The van der Waals surface area contributed by atoms with Gasteiger partial charge in [0.2, 0.25) is 0 Å². The molecule has 0 bridgehead atoms. The number of fused-ring (bicyclic) bond motifs is 1. The monoisotopic (exact) mass is 364 g/mol. The highest BCUT2D eigenvalue weighted by Gasteiger charge is 2.23. The quantitative estimate of drug-likeness (QED) is 0.710. The van der Waals surface area contributed by atoms with Gasteiger partial charge in [0.15, 0.2) is 0 Å². The van der Waals surface area contributed by atoms with Crippen LogP contribution in [0.5, 0.6) is 0 Å². The third-order valence-corrected chi connectivity index (χ3v) is 5.21. The van der Waals surface area contributed by atoms with Crippen molar-refractivity contribution in [3.05, 3.63) is 53.5 Å². The van der Waals surface area contributed by atoms with E-state index in [1.807, 2.05) is 33.6 Å². The summed E-state index contributed by atoms with van der Waals surface area (Å²) in [6.45, 7) is 7.13. The van der Waals surface area contributed by atoms with Gasteiger partial charge in [-0.2, -0.15) is 4.98 Å². The number of carbonyl (C=O) groups is 1. The number of aryl methyl sites for hydroxylation is 2. The van der Waals surface area contributed by atoms with Crippen molar-refractivity contribution in [1.82, 2.24) is 24.5 Å². The topological polar surface area (TPSA) is 66.6 Å². The minimum absolute atomic E-state index is 0.104. The first-order valence-corrected chi connectivity index (χ1v) is 9.52. The highest BCUT2D eigenvalue weighted by Crippen LogP contribution is 2.18. The van der Waals surface area contributed by atoms with E-state index in [4.69, 9.17) is 0 Å². The standard InChI is InChI=1S/C20H24N6O/c1-3-15-5-7-16(8-6-15)19(27)25-11-9-24(10-12-25)18-13-17(4-2)26-14-21-23-20(26)22-18/h5-8,13-14H,3-4,9-12H2,1-2H3. The Morgan fingerprint density at radius 3 is 2.44 bits per heavy atom. The lowest BCUT2D eigenvalue weighted by Gasteiger charge is -2.35. The van der Waals surface area contributed by atoms with Crippen molar-refractivity contribution in [3.8, 4) is 0 Å². The molecule has 1 fully saturated rings. The van der Waals surface area contributed by atoms with Crippen molar-refractivity contribution in [2.24, 2.45) is 0 Å². The van der Waals surface area contributed by atoms with Crippen molar-refractivity contribution in [3.63, 3.8) is 0 Å². The first-order chi connectivity index (χ1) is 13.2. The van der Waals surface area contributed by atoms with E-state index in [0.29, 0.717) is 18.9 Å². The van der Waals surface area contributed by atoms with Crippen LogP contribution in [0.4, 0.5) is 5.82 Å². The molecule has 1 amide bonds. The molecule has 140 valence electrons. The van der Waals surface area contributed by atoms with Crippen LogP contribution in [0.2, 0.25) is 0 Å². The normalized spacial score (nSPS) is 14.7. The molecule has 27 heavy (non-hydrogen) atoms. The molecule has 2 aromatic heterocycles. The van der Waals surface area contributed by atoms with Gasteiger partial charge in [0.25, 0.3) is 11.7 Å². The Labute approximate surface area is 158 Å². The minimum atomic E-state index is 0.104. The summed E-state index contributed by atoms with van der Waals surface area (Å²) in [6.07, 6.45) is 3.57. The lowest BCUT2D eigenvalue weighted by molar-refractivity contribution is 0.0746. The summed E-state index contributed by atoms with van der Waals surface area (Å²) in [4.78, 5) is 21.5. The molecule has 3 heterocycles.